The van der Waals surface area contributed by atoms with E-state index in [1.165, 1.54) is 0 Å². The SMILES string of the molecule is O=C1Nc2ccccc2S(=O)(=O)C(c2ccccc2)C1c1ccccc1. The predicted octanol–water partition coefficient (Wildman–Crippen LogP) is 3.94. The Morgan fingerprint density at radius 2 is 1.23 bits per heavy atom. The van der Waals surface area contributed by atoms with Crippen LogP contribution >= 0.6 is 0 Å². The van der Waals surface area contributed by atoms with Crippen LogP contribution in [0.1, 0.15) is 22.3 Å². The van der Waals surface area contributed by atoms with Crippen LogP contribution in [0.4, 0.5) is 5.69 Å². The Bertz CT molecular complexity index is 1050. The Hall–Kier alpha value is -2.92. The number of benzene rings is 3. The summed E-state index contributed by atoms with van der Waals surface area (Å²) in [5, 5.41) is 1.82. The molecule has 0 saturated carbocycles. The maximum atomic E-state index is 13.6. The molecular formula is C21H17NO3S. The largest absolute Gasteiger partial charge is 0.324 e. The second-order valence-corrected chi connectivity index (χ2v) is 8.29. The molecule has 0 spiro atoms. The zero-order valence-corrected chi connectivity index (χ0v) is 14.7. The molecule has 4 nitrogen and oxygen atoms in total. The van der Waals surface area contributed by atoms with Crippen molar-refractivity contribution in [2.24, 2.45) is 0 Å². The lowest BCUT2D eigenvalue weighted by atomic mass is 9.90. The quantitative estimate of drug-likeness (QED) is 0.750. The molecule has 3 aromatic carbocycles. The van der Waals surface area contributed by atoms with Crippen molar-refractivity contribution in [3.63, 3.8) is 0 Å². The molecule has 26 heavy (non-hydrogen) atoms. The van der Waals surface area contributed by atoms with Crippen molar-refractivity contribution in [1.82, 2.24) is 0 Å². The fourth-order valence-corrected chi connectivity index (χ4v) is 5.60. The molecule has 0 aromatic heterocycles. The Kier molecular flexibility index (Phi) is 4.09. The number of amides is 1. The summed E-state index contributed by atoms with van der Waals surface area (Å²) in [4.78, 5) is 13.2. The topological polar surface area (TPSA) is 63.2 Å². The molecule has 130 valence electrons. The van der Waals surface area contributed by atoms with Crippen LogP contribution < -0.4 is 5.32 Å². The van der Waals surface area contributed by atoms with Crippen LogP contribution in [0.3, 0.4) is 0 Å². The van der Waals surface area contributed by atoms with E-state index in [1.807, 2.05) is 24.3 Å². The van der Waals surface area contributed by atoms with E-state index in [-0.39, 0.29) is 10.8 Å². The fraction of sp³-hybridized carbons (Fsp3) is 0.0952. The average molecular weight is 363 g/mol. The summed E-state index contributed by atoms with van der Waals surface area (Å²) in [7, 11) is -3.79. The van der Waals surface area contributed by atoms with Gasteiger partial charge in [-0.1, -0.05) is 72.8 Å². The molecular weight excluding hydrogens is 346 g/mol. The van der Waals surface area contributed by atoms with Gasteiger partial charge >= 0.3 is 0 Å². The van der Waals surface area contributed by atoms with Gasteiger partial charge in [-0.05, 0) is 23.3 Å². The van der Waals surface area contributed by atoms with Gasteiger partial charge in [-0.25, -0.2) is 8.42 Å². The average Bonchev–Trinajstić information content (AvgIpc) is 2.75. The number of carbonyl (C=O) groups is 1. The molecule has 1 N–H and O–H groups in total. The van der Waals surface area contributed by atoms with Crippen molar-refractivity contribution < 1.29 is 13.2 Å². The van der Waals surface area contributed by atoms with Gasteiger partial charge in [0.1, 0.15) is 5.25 Å². The minimum Gasteiger partial charge on any atom is -0.324 e. The molecule has 1 aliphatic rings. The monoisotopic (exact) mass is 363 g/mol. The minimum atomic E-state index is -3.79. The molecule has 4 rings (SSSR count). The second kappa shape index (κ2) is 6.42. The number of sulfone groups is 1. The van der Waals surface area contributed by atoms with E-state index in [2.05, 4.69) is 5.32 Å². The van der Waals surface area contributed by atoms with Crippen molar-refractivity contribution >= 4 is 21.4 Å². The van der Waals surface area contributed by atoms with Crippen molar-refractivity contribution in [3.8, 4) is 0 Å². The van der Waals surface area contributed by atoms with Crippen LogP contribution in [-0.2, 0) is 14.6 Å². The molecule has 0 bridgehead atoms. The fourth-order valence-electron chi connectivity index (χ4n) is 3.48. The summed E-state index contributed by atoms with van der Waals surface area (Å²) in [6.45, 7) is 0. The normalized spacial score (nSPS) is 21.3. The third kappa shape index (κ3) is 2.70. The first kappa shape index (κ1) is 16.5. The molecule has 1 aliphatic heterocycles. The Balaban J connectivity index is 2.01. The van der Waals surface area contributed by atoms with Crippen molar-refractivity contribution in [3.05, 3.63) is 96.1 Å². The standard InChI is InChI=1S/C21H17NO3S/c23-21-19(15-9-3-1-4-10-15)20(16-11-5-2-6-12-16)26(24,25)18-14-8-7-13-17(18)22-21/h1-14,19-20H,(H,22,23). The number of hydrogen-bond donors (Lipinski definition) is 1. The van der Waals surface area contributed by atoms with E-state index < -0.39 is 21.0 Å². The predicted molar refractivity (Wildman–Crippen MR) is 101 cm³/mol. The van der Waals surface area contributed by atoms with Gasteiger partial charge in [-0.3, -0.25) is 4.79 Å². The lowest BCUT2D eigenvalue weighted by Crippen LogP contribution is -2.27. The third-order valence-electron chi connectivity index (χ3n) is 4.66. The van der Waals surface area contributed by atoms with E-state index in [0.29, 0.717) is 16.8 Å². The third-order valence-corrected chi connectivity index (χ3v) is 6.84. The van der Waals surface area contributed by atoms with Gasteiger partial charge in [-0.15, -0.1) is 0 Å². The van der Waals surface area contributed by atoms with Gasteiger partial charge in [0.2, 0.25) is 5.91 Å². The van der Waals surface area contributed by atoms with Crippen molar-refractivity contribution in [2.75, 3.05) is 5.32 Å². The second-order valence-electron chi connectivity index (χ2n) is 6.25. The minimum absolute atomic E-state index is 0.153. The van der Waals surface area contributed by atoms with E-state index >= 15 is 0 Å². The van der Waals surface area contributed by atoms with Crippen LogP contribution in [0.15, 0.2) is 89.8 Å². The maximum Gasteiger partial charge on any atom is 0.233 e. The summed E-state index contributed by atoms with van der Waals surface area (Å²) in [6, 6.07) is 24.6. The number of carbonyl (C=O) groups excluding carboxylic acids is 1. The van der Waals surface area contributed by atoms with Crippen LogP contribution in [0.2, 0.25) is 0 Å². The Labute approximate surface area is 152 Å². The lowest BCUT2D eigenvalue weighted by molar-refractivity contribution is -0.117. The molecule has 2 atom stereocenters. The summed E-state index contributed by atoms with van der Waals surface area (Å²) < 4.78 is 27.1. The van der Waals surface area contributed by atoms with Gasteiger partial charge in [0.25, 0.3) is 0 Å². The highest BCUT2D eigenvalue weighted by Gasteiger charge is 2.44. The van der Waals surface area contributed by atoms with Crippen LogP contribution in [0.25, 0.3) is 0 Å². The van der Waals surface area contributed by atoms with Gasteiger partial charge < -0.3 is 5.32 Å². The van der Waals surface area contributed by atoms with E-state index in [4.69, 9.17) is 0 Å². The molecule has 5 heteroatoms. The van der Waals surface area contributed by atoms with Crippen LogP contribution in [0.5, 0.6) is 0 Å². The highest BCUT2D eigenvalue weighted by molar-refractivity contribution is 7.92. The van der Waals surface area contributed by atoms with E-state index in [0.717, 1.165) is 0 Å². The molecule has 0 saturated heterocycles. The number of para-hydroxylation sites is 1. The van der Waals surface area contributed by atoms with E-state index in [9.17, 15) is 13.2 Å². The first-order valence-corrected chi connectivity index (χ1v) is 9.87. The molecule has 1 amide bonds. The van der Waals surface area contributed by atoms with E-state index in [1.54, 1.807) is 60.7 Å². The summed E-state index contributed by atoms with van der Waals surface area (Å²) >= 11 is 0. The maximum absolute atomic E-state index is 13.6. The van der Waals surface area contributed by atoms with Gasteiger partial charge in [0.15, 0.2) is 9.84 Å². The Morgan fingerprint density at radius 1 is 0.692 bits per heavy atom. The van der Waals surface area contributed by atoms with Crippen molar-refractivity contribution in [2.45, 2.75) is 16.1 Å². The number of hydrogen-bond acceptors (Lipinski definition) is 3. The summed E-state index contributed by atoms with van der Waals surface area (Å²) in [6.07, 6.45) is 0. The van der Waals surface area contributed by atoms with Crippen LogP contribution in [-0.4, -0.2) is 14.3 Å². The van der Waals surface area contributed by atoms with Gasteiger partial charge in [-0.2, -0.15) is 0 Å². The van der Waals surface area contributed by atoms with Gasteiger partial charge in [0.05, 0.1) is 16.5 Å². The molecule has 2 unspecified atom stereocenters. The first-order chi connectivity index (χ1) is 12.6. The summed E-state index contributed by atoms with van der Waals surface area (Å²) in [5.41, 5.74) is 1.61. The number of anilines is 1. The highest BCUT2D eigenvalue weighted by atomic mass is 32.2. The number of fused-ring (bicyclic) bond motifs is 1. The molecule has 3 aromatic rings. The number of rotatable bonds is 2. The van der Waals surface area contributed by atoms with Crippen LogP contribution in [0, 0.1) is 0 Å². The molecule has 0 aliphatic carbocycles. The zero-order valence-electron chi connectivity index (χ0n) is 13.9. The first-order valence-electron chi connectivity index (χ1n) is 8.33. The lowest BCUT2D eigenvalue weighted by Gasteiger charge is -2.24. The zero-order chi connectivity index (χ0) is 18.1. The Morgan fingerprint density at radius 3 is 1.88 bits per heavy atom. The number of nitrogens with one attached hydrogen (secondary N) is 1. The van der Waals surface area contributed by atoms with Gasteiger partial charge in [0, 0.05) is 0 Å². The van der Waals surface area contributed by atoms with Crippen molar-refractivity contribution in [1.29, 1.82) is 0 Å². The molecule has 0 fully saturated rings. The highest BCUT2D eigenvalue weighted by Crippen LogP contribution is 2.45. The smallest absolute Gasteiger partial charge is 0.233 e. The molecule has 1 heterocycles. The summed E-state index contributed by atoms with van der Waals surface area (Å²) in [5.74, 6) is -1.16. The molecule has 0 radical (unpaired) electrons.